The molecule has 1 aromatic heterocycles. The van der Waals surface area contributed by atoms with Crippen LogP contribution in [0.15, 0.2) is 24.3 Å². The number of aryl methyl sites for hydroxylation is 1. The van der Waals surface area contributed by atoms with E-state index < -0.39 is 6.10 Å². The average Bonchev–Trinajstić information content (AvgIpc) is 3.13. The molecule has 0 aliphatic carbocycles. The maximum Gasteiger partial charge on any atom is 0.179 e. The number of aliphatic hydroxyl groups is 1. The number of quaternary nitrogens is 1. The van der Waals surface area contributed by atoms with Crippen LogP contribution in [0.3, 0.4) is 0 Å². The fourth-order valence-corrected chi connectivity index (χ4v) is 4.08. The highest BCUT2D eigenvalue weighted by Gasteiger charge is 2.42. The molecule has 124 valence electrons. The number of rotatable bonds is 3. The number of ether oxygens (including phenoxy) is 2. The molecular weight excluding hydrogens is 292 g/mol. The topological polar surface area (TPSA) is 58.9 Å². The van der Waals surface area contributed by atoms with Crippen LogP contribution in [0.4, 0.5) is 0 Å². The molecule has 2 aliphatic rings. The summed E-state index contributed by atoms with van der Waals surface area (Å²) in [7, 11) is 0. The van der Waals surface area contributed by atoms with Crippen LogP contribution in [-0.4, -0.2) is 48.7 Å². The predicted molar refractivity (Wildman–Crippen MR) is 87.4 cm³/mol. The normalized spacial score (nSPS) is 22.9. The van der Waals surface area contributed by atoms with E-state index in [4.69, 9.17) is 9.47 Å². The summed E-state index contributed by atoms with van der Waals surface area (Å²) >= 11 is 0. The summed E-state index contributed by atoms with van der Waals surface area (Å²) in [4.78, 5) is 4.80. The molecule has 2 aliphatic heterocycles. The van der Waals surface area contributed by atoms with E-state index in [9.17, 15) is 5.11 Å². The Bertz CT molecular complexity index is 681. The van der Waals surface area contributed by atoms with Gasteiger partial charge < -0.3 is 24.5 Å². The summed E-state index contributed by atoms with van der Waals surface area (Å²) in [5.41, 5.74) is 3.20. The molecule has 2 aromatic rings. The van der Waals surface area contributed by atoms with Crippen LogP contribution in [0.2, 0.25) is 0 Å². The lowest BCUT2D eigenvalue weighted by Crippen LogP contribution is -3.14. The maximum atomic E-state index is 10.8. The average molecular weight is 317 g/mol. The van der Waals surface area contributed by atoms with Crippen molar-refractivity contribution in [2.24, 2.45) is 0 Å². The fraction of sp³-hybridized carbons (Fsp3) is 0.556. The second kappa shape index (κ2) is 5.91. The van der Waals surface area contributed by atoms with Gasteiger partial charge in [0.05, 0.1) is 39.1 Å². The molecule has 0 radical (unpaired) electrons. The fourth-order valence-electron chi connectivity index (χ4n) is 4.08. The Morgan fingerprint density at radius 1 is 1.22 bits per heavy atom. The molecule has 1 aromatic carbocycles. The van der Waals surface area contributed by atoms with Gasteiger partial charge in [-0.15, -0.1) is 0 Å². The van der Waals surface area contributed by atoms with Crippen LogP contribution in [0, 0.1) is 6.92 Å². The standard InChI is InChI=1S/C18H24N2O3/c1-13-17(14-4-2-3-5-15(14)19-13)16(21)12-20-8-6-18(7-9-20)22-10-11-23-18/h2-5,16,19,21H,6-12H2,1H3/p+1/t16-/m0/s1. The zero-order valence-corrected chi connectivity index (χ0v) is 13.6. The summed E-state index contributed by atoms with van der Waals surface area (Å²) in [5, 5.41) is 11.9. The molecule has 5 nitrogen and oxygen atoms in total. The Balaban J connectivity index is 1.45. The third kappa shape index (κ3) is 2.78. The molecule has 1 spiro atoms. The Morgan fingerprint density at radius 3 is 2.65 bits per heavy atom. The van der Waals surface area contributed by atoms with Crippen LogP contribution >= 0.6 is 0 Å². The molecule has 5 heteroatoms. The first-order valence-corrected chi connectivity index (χ1v) is 8.54. The van der Waals surface area contributed by atoms with E-state index >= 15 is 0 Å². The van der Waals surface area contributed by atoms with Crippen molar-refractivity contribution >= 4 is 10.9 Å². The van der Waals surface area contributed by atoms with Gasteiger partial charge in [0.2, 0.25) is 0 Å². The van der Waals surface area contributed by atoms with Gasteiger partial charge in [0, 0.05) is 22.2 Å². The maximum absolute atomic E-state index is 10.8. The lowest BCUT2D eigenvalue weighted by atomic mass is 10.0. The van der Waals surface area contributed by atoms with E-state index in [1.807, 2.05) is 19.1 Å². The molecule has 3 heterocycles. The van der Waals surface area contributed by atoms with E-state index in [1.165, 1.54) is 4.90 Å². The first-order chi connectivity index (χ1) is 11.2. The predicted octanol–water partition coefficient (Wildman–Crippen LogP) is 0.932. The quantitative estimate of drug-likeness (QED) is 0.789. The number of aromatic amines is 1. The van der Waals surface area contributed by atoms with Crippen molar-refractivity contribution in [1.82, 2.24) is 4.98 Å². The van der Waals surface area contributed by atoms with Crippen molar-refractivity contribution in [2.45, 2.75) is 31.7 Å². The van der Waals surface area contributed by atoms with Crippen molar-refractivity contribution < 1.29 is 19.5 Å². The first kappa shape index (κ1) is 15.1. The number of likely N-dealkylation sites (tertiary alicyclic amines) is 1. The molecule has 0 amide bonds. The second-order valence-corrected chi connectivity index (χ2v) is 6.79. The van der Waals surface area contributed by atoms with E-state index in [0.717, 1.165) is 54.6 Å². The molecule has 1 atom stereocenters. The minimum Gasteiger partial charge on any atom is -0.382 e. The first-order valence-electron chi connectivity index (χ1n) is 8.54. The Labute approximate surface area is 136 Å². The third-order valence-corrected chi connectivity index (χ3v) is 5.29. The molecular formula is C18H25N2O3+. The molecule has 2 fully saturated rings. The smallest absolute Gasteiger partial charge is 0.179 e. The number of hydrogen-bond donors (Lipinski definition) is 3. The zero-order chi connectivity index (χ0) is 15.9. The molecule has 0 unspecified atom stereocenters. The molecule has 23 heavy (non-hydrogen) atoms. The number of benzene rings is 1. The highest BCUT2D eigenvalue weighted by Crippen LogP contribution is 2.29. The number of hydrogen-bond acceptors (Lipinski definition) is 3. The van der Waals surface area contributed by atoms with Crippen molar-refractivity contribution in [3.05, 3.63) is 35.5 Å². The van der Waals surface area contributed by atoms with E-state index in [2.05, 4.69) is 17.1 Å². The summed E-state index contributed by atoms with van der Waals surface area (Å²) in [5.74, 6) is -0.328. The molecule has 2 saturated heterocycles. The minimum atomic E-state index is -0.444. The zero-order valence-electron chi connectivity index (χ0n) is 13.6. The number of nitrogens with one attached hydrogen (secondary N) is 2. The van der Waals surface area contributed by atoms with Gasteiger partial charge in [-0.3, -0.25) is 0 Å². The van der Waals surface area contributed by atoms with Gasteiger partial charge >= 0.3 is 0 Å². The highest BCUT2D eigenvalue weighted by molar-refractivity contribution is 5.84. The summed E-state index contributed by atoms with van der Waals surface area (Å²) in [6, 6.07) is 8.19. The second-order valence-electron chi connectivity index (χ2n) is 6.79. The van der Waals surface area contributed by atoms with Crippen molar-refractivity contribution in [2.75, 3.05) is 32.8 Å². The van der Waals surface area contributed by atoms with Crippen LogP contribution in [-0.2, 0) is 9.47 Å². The van der Waals surface area contributed by atoms with Crippen LogP contribution in [0.1, 0.15) is 30.2 Å². The monoisotopic (exact) mass is 317 g/mol. The van der Waals surface area contributed by atoms with Crippen LogP contribution < -0.4 is 4.90 Å². The lowest BCUT2D eigenvalue weighted by molar-refractivity contribution is -0.912. The van der Waals surface area contributed by atoms with Crippen LogP contribution in [0.5, 0.6) is 0 Å². The van der Waals surface area contributed by atoms with E-state index in [-0.39, 0.29) is 5.79 Å². The van der Waals surface area contributed by atoms with Gasteiger partial charge in [0.25, 0.3) is 0 Å². The summed E-state index contributed by atoms with van der Waals surface area (Å²) < 4.78 is 11.6. The molecule has 0 bridgehead atoms. The van der Waals surface area contributed by atoms with Gasteiger partial charge in [-0.1, -0.05) is 18.2 Å². The Kier molecular flexibility index (Phi) is 3.89. The minimum absolute atomic E-state index is 0.328. The van der Waals surface area contributed by atoms with Crippen molar-refractivity contribution in [3.8, 4) is 0 Å². The summed E-state index contributed by atoms with van der Waals surface area (Å²) in [6.07, 6.45) is 1.39. The largest absolute Gasteiger partial charge is 0.382 e. The number of aromatic nitrogens is 1. The number of aliphatic hydroxyl groups excluding tert-OH is 1. The highest BCUT2D eigenvalue weighted by atomic mass is 16.7. The van der Waals surface area contributed by atoms with E-state index in [1.54, 1.807) is 0 Å². The van der Waals surface area contributed by atoms with Gasteiger partial charge in [-0.2, -0.15) is 0 Å². The molecule has 4 rings (SSSR count). The third-order valence-electron chi connectivity index (χ3n) is 5.29. The Morgan fingerprint density at radius 2 is 1.91 bits per heavy atom. The number of piperidine rings is 1. The number of H-pyrrole nitrogens is 1. The van der Waals surface area contributed by atoms with Crippen molar-refractivity contribution in [1.29, 1.82) is 0 Å². The van der Waals surface area contributed by atoms with Gasteiger partial charge in [0.15, 0.2) is 5.79 Å². The molecule has 3 N–H and O–H groups in total. The van der Waals surface area contributed by atoms with E-state index in [0.29, 0.717) is 13.2 Å². The number of fused-ring (bicyclic) bond motifs is 1. The summed E-state index contributed by atoms with van der Waals surface area (Å²) in [6.45, 7) is 6.17. The van der Waals surface area contributed by atoms with Crippen LogP contribution in [0.25, 0.3) is 10.9 Å². The molecule has 0 saturated carbocycles. The van der Waals surface area contributed by atoms with Gasteiger partial charge in [0.1, 0.15) is 12.6 Å². The van der Waals surface area contributed by atoms with Crippen molar-refractivity contribution in [3.63, 3.8) is 0 Å². The van der Waals surface area contributed by atoms with Gasteiger partial charge in [-0.25, -0.2) is 0 Å². The SMILES string of the molecule is Cc1[nH]c2ccccc2c1[C@@H](O)C[NH+]1CCC2(CC1)OCCO2. The number of para-hydroxylation sites is 1. The lowest BCUT2D eigenvalue weighted by Gasteiger charge is -2.35. The Hall–Kier alpha value is -1.40. The van der Waals surface area contributed by atoms with Gasteiger partial charge in [-0.05, 0) is 13.0 Å².